The third-order valence-electron chi connectivity index (χ3n) is 5.82. The van der Waals surface area contributed by atoms with E-state index in [1.54, 1.807) is 0 Å². The third-order valence-corrected chi connectivity index (χ3v) is 5.82. The van der Waals surface area contributed by atoms with Gasteiger partial charge in [0, 0.05) is 0 Å². The Kier molecular flexibility index (Phi) is 4.80. The second kappa shape index (κ2) is 5.92. The first kappa shape index (κ1) is 16.2. The van der Waals surface area contributed by atoms with Crippen molar-refractivity contribution in [1.82, 2.24) is 0 Å². The summed E-state index contributed by atoms with van der Waals surface area (Å²) in [6, 6.07) is 0. The summed E-state index contributed by atoms with van der Waals surface area (Å²) in [4.78, 5) is 0. The summed E-state index contributed by atoms with van der Waals surface area (Å²) in [6.45, 7) is 8.79. The van der Waals surface area contributed by atoms with E-state index in [1.165, 1.54) is 0 Å². The molecule has 0 aliphatic heterocycles. The van der Waals surface area contributed by atoms with Gasteiger partial charge in [0.05, 0.1) is 12.2 Å². The zero-order chi connectivity index (χ0) is 15.1. The molecule has 0 heterocycles. The summed E-state index contributed by atoms with van der Waals surface area (Å²) in [7, 11) is 0. The molecule has 2 N–H and O–H groups in total. The molecule has 0 aromatic heterocycles. The number of aliphatic hydroxyl groups is 2. The Morgan fingerprint density at radius 1 is 0.950 bits per heavy atom. The number of rotatable bonds is 1. The van der Waals surface area contributed by atoms with Gasteiger partial charge in [0.15, 0.2) is 0 Å². The van der Waals surface area contributed by atoms with E-state index in [0.717, 1.165) is 19.3 Å². The zero-order valence-electron chi connectivity index (χ0n) is 13.3. The second-order valence-corrected chi connectivity index (χ2v) is 8.30. The van der Waals surface area contributed by atoms with E-state index in [9.17, 15) is 14.6 Å². The van der Waals surface area contributed by atoms with Crippen LogP contribution in [0.15, 0.2) is 0 Å². The fourth-order valence-corrected chi connectivity index (χ4v) is 4.56. The molecule has 3 heteroatoms. The first-order valence-electron chi connectivity index (χ1n) is 8.20. The van der Waals surface area contributed by atoms with Crippen LogP contribution in [0.2, 0.25) is 0 Å². The van der Waals surface area contributed by atoms with Crippen LogP contribution in [-0.2, 0) is 0 Å². The number of alkyl halides is 1. The molecule has 0 bridgehead atoms. The number of halogens is 1. The molecule has 2 aliphatic carbocycles. The van der Waals surface area contributed by atoms with E-state index >= 15 is 0 Å². The van der Waals surface area contributed by atoms with Crippen molar-refractivity contribution in [2.45, 2.75) is 78.2 Å². The Morgan fingerprint density at radius 2 is 1.60 bits per heavy atom. The quantitative estimate of drug-likeness (QED) is 0.774. The summed E-state index contributed by atoms with van der Waals surface area (Å²) < 4.78 is 14.0. The lowest BCUT2D eigenvalue weighted by Crippen LogP contribution is -2.47. The SMILES string of the molecule is C[C@H]1CC[C@H](O)CC1C1C[C@@H](O)[C@H](F)C[C@@H]1C(C)(C)C. The fourth-order valence-electron chi connectivity index (χ4n) is 4.56. The molecule has 20 heavy (non-hydrogen) atoms. The summed E-state index contributed by atoms with van der Waals surface area (Å²) in [5, 5.41) is 20.0. The van der Waals surface area contributed by atoms with E-state index in [1.807, 2.05) is 0 Å². The zero-order valence-corrected chi connectivity index (χ0v) is 13.3. The van der Waals surface area contributed by atoms with Crippen molar-refractivity contribution in [2.24, 2.45) is 29.1 Å². The maximum atomic E-state index is 14.0. The molecule has 0 amide bonds. The molecule has 0 aromatic rings. The Bertz CT molecular complexity index is 325. The van der Waals surface area contributed by atoms with Crippen LogP contribution < -0.4 is 0 Å². The molecular formula is C17H31FO2. The van der Waals surface area contributed by atoms with Gasteiger partial charge in [0.2, 0.25) is 0 Å². The van der Waals surface area contributed by atoms with Crippen LogP contribution in [0.1, 0.15) is 59.8 Å². The van der Waals surface area contributed by atoms with Gasteiger partial charge in [-0.15, -0.1) is 0 Å². The van der Waals surface area contributed by atoms with Crippen LogP contribution in [0.5, 0.6) is 0 Å². The van der Waals surface area contributed by atoms with Crippen molar-refractivity contribution in [1.29, 1.82) is 0 Å². The summed E-state index contributed by atoms with van der Waals surface area (Å²) in [6.07, 6.45) is 1.68. The van der Waals surface area contributed by atoms with Gasteiger partial charge < -0.3 is 10.2 Å². The molecular weight excluding hydrogens is 255 g/mol. The van der Waals surface area contributed by atoms with Gasteiger partial charge in [0.1, 0.15) is 6.17 Å². The lowest BCUT2D eigenvalue weighted by Gasteiger charge is -2.49. The minimum Gasteiger partial charge on any atom is -0.393 e. The van der Waals surface area contributed by atoms with Crippen molar-refractivity contribution in [2.75, 3.05) is 0 Å². The molecule has 0 saturated heterocycles. The van der Waals surface area contributed by atoms with Crippen molar-refractivity contribution >= 4 is 0 Å². The van der Waals surface area contributed by atoms with Crippen molar-refractivity contribution < 1.29 is 14.6 Å². The lowest BCUT2D eigenvalue weighted by molar-refractivity contribution is -0.0759. The highest BCUT2D eigenvalue weighted by atomic mass is 19.1. The third kappa shape index (κ3) is 3.36. The van der Waals surface area contributed by atoms with Crippen LogP contribution >= 0.6 is 0 Å². The molecule has 7 atom stereocenters. The lowest BCUT2D eigenvalue weighted by atomic mass is 9.57. The van der Waals surface area contributed by atoms with Crippen molar-refractivity contribution in [3.05, 3.63) is 0 Å². The summed E-state index contributed by atoms with van der Waals surface area (Å²) in [5.41, 5.74) is 0.0528. The summed E-state index contributed by atoms with van der Waals surface area (Å²) >= 11 is 0. The molecule has 118 valence electrons. The Hall–Kier alpha value is -0.150. The van der Waals surface area contributed by atoms with Gasteiger partial charge in [-0.2, -0.15) is 0 Å². The first-order chi connectivity index (χ1) is 9.20. The summed E-state index contributed by atoms with van der Waals surface area (Å²) in [5.74, 6) is 1.61. The Balaban J connectivity index is 2.20. The van der Waals surface area contributed by atoms with E-state index in [4.69, 9.17) is 0 Å². The van der Waals surface area contributed by atoms with Gasteiger partial charge in [-0.05, 0) is 61.2 Å². The van der Waals surface area contributed by atoms with E-state index < -0.39 is 12.3 Å². The fraction of sp³-hybridized carbons (Fsp3) is 1.00. The van der Waals surface area contributed by atoms with E-state index in [0.29, 0.717) is 36.5 Å². The standard InChI is InChI=1S/C17H31FO2/c1-10-5-6-11(19)7-12(10)13-8-16(20)15(18)9-14(13)17(2,3)4/h10-16,19-20H,5-9H2,1-4H3/t10-,11-,12?,13?,14-,15+,16+/m0/s1. The maximum absolute atomic E-state index is 14.0. The normalized spacial score (nSPS) is 47.2. The maximum Gasteiger partial charge on any atom is 0.126 e. The van der Waals surface area contributed by atoms with Crippen LogP contribution in [0.25, 0.3) is 0 Å². The number of hydrogen-bond acceptors (Lipinski definition) is 2. The van der Waals surface area contributed by atoms with Gasteiger partial charge in [-0.1, -0.05) is 27.7 Å². The Morgan fingerprint density at radius 3 is 2.20 bits per heavy atom. The Labute approximate surface area is 122 Å². The number of hydrogen-bond donors (Lipinski definition) is 2. The minimum atomic E-state index is -1.08. The molecule has 0 spiro atoms. The van der Waals surface area contributed by atoms with Crippen LogP contribution in [0.4, 0.5) is 4.39 Å². The molecule has 2 nitrogen and oxygen atoms in total. The first-order valence-corrected chi connectivity index (χ1v) is 8.20. The highest BCUT2D eigenvalue weighted by molar-refractivity contribution is 4.96. The van der Waals surface area contributed by atoms with Gasteiger partial charge in [-0.3, -0.25) is 0 Å². The highest BCUT2D eigenvalue weighted by Crippen LogP contribution is 2.50. The second-order valence-electron chi connectivity index (χ2n) is 8.30. The van der Waals surface area contributed by atoms with Gasteiger partial charge in [-0.25, -0.2) is 4.39 Å². The van der Waals surface area contributed by atoms with Crippen LogP contribution in [0, 0.1) is 29.1 Å². The highest BCUT2D eigenvalue weighted by Gasteiger charge is 2.46. The predicted molar refractivity (Wildman–Crippen MR) is 79.1 cm³/mol. The largest absolute Gasteiger partial charge is 0.393 e. The van der Waals surface area contributed by atoms with Crippen LogP contribution in [-0.4, -0.2) is 28.6 Å². The molecule has 2 saturated carbocycles. The van der Waals surface area contributed by atoms with E-state index in [-0.39, 0.29) is 11.5 Å². The van der Waals surface area contributed by atoms with Crippen molar-refractivity contribution in [3.8, 4) is 0 Å². The van der Waals surface area contributed by atoms with Gasteiger partial charge >= 0.3 is 0 Å². The predicted octanol–water partition coefficient (Wildman–Crippen LogP) is 3.55. The topological polar surface area (TPSA) is 40.5 Å². The van der Waals surface area contributed by atoms with E-state index in [2.05, 4.69) is 27.7 Å². The molecule has 2 rings (SSSR count). The molecule has 2 fully saturated rings. The van der Waals surface area contributed by atoms with Gasteiger partial charge in [0.25, 0.3) is 0 Å². The minimum absolute atomic E-state index is 0.0528. The average molecular weight is 286 g/mol. The molecule has 2 unspecified atom stereocenters. The average Bonchev–Trinajstić information content (AvgIpc) is 2.34. The smallest absolute Gasteiger partial charge is 0.126 e. The monoisotopic (exact) mass is 286 g/mol. The molecule has 0 aromatic carbocycles. The van der Waals surface area contributed by atoms with Crippen LogP contribution in [0.3, 0.4) is 0 Å². The number of aliphatic hydroxyl groups excluding tert-OH is 2. The molecule has 2 aliphatic rings. The molecule has 0 radical (unpaired) electrons. The van der Waals surface area contributed by atoms with Crippen molar-refractivity contribution in [3.63, 3.8) is 0 Å².